The van der Waals surface area contributed by atoms with Gasteiger partial charge in [0, 0.05) is 23.7 Å². The molecule has 0 spiro atoms. The van der Waals surface area contributed by atoms with E-state index in [2.05, 4.69) is 10.0 Å². The molecule has 1 amide bonds. The molecule has 0 aliphatic carbocycles. The van der Waals surface area contributed by atoms with Gasteiger partial charge in [-0.05, 0) is 37.3 Å². The van der Waals surface area contributed by atoms with E-state index in [1.54, 1.807) is 31.2 Å². The van der Waals surface area contributed by atoms with Crippen molar-refractivity contribution in [1.82, 2.24) is 4.72 Å². The van der Waals surface area contributed by atoms with Crippen molar-refractivity contribution in [1.29, 1.82) is 0 Å². The smallest absolute Gasteiger partial charge is 0.240 e. The summed E-state index contributed by atoms with van der Waals surface area (Å²) in [6.07, 6.45) is 0. The Hall–Kier alpha value is -1.45. The van der Waals surface area contributed by atoms with Crippen LogP contribution < -0.4 is 15.8 Å². The van der Waals surface area contributed by atoms with Crippen LogP contribution in [0.5, 0.6) is 0 Å². The van der Waals surface area contributed by atoms with Crippen LogP contribution in [0, 0.1) is 0 Å². The van der Waals surface area contributed by atoms with Crippen LogP contribution in [-0.4, -0.2) is 27.4 Å². The Morgan fingerprint density at radius 1 is 1.33 bits per heavy atom. The number of hydrogen-bond donors (Lipinski definition) is 3. The number of nitrogens with two attached hydrogens (primary N) is 1. The first-order valence-electron chi connectivity index (χ1n) is 7.19. The quantitative estimate of drug-likeness (QED) is 0.678. The zero-order valence-electron chi connectivity index (χ0n) is 13.0. The van der Waals surface area contributed by atoms with Gasteiger partial charge in [0.05, 0.1) is 15.1 Å². The number of sulfonamides is 1. The highest BCUT2D eigenvalue weighted by Gasteiger charge is 2.19. The van der Waals surface area contributed by atoms with Crippen LogP contribution in [0.2, 0.25) is 4.34 Å². The van der Waals surface area contributed by atoms with E-state index >= 15 is 0 Å². The summed E-state index contributed by atoms with van der Waals surface area (Å²) in [5.41, 5.74) is 5.72. The minimum atomic E-state index is -3.65. The summed E-state index contributed by atoms with van der Waals surface area (Å²) in [7, 11) is -3.65. The summed E-state index contributed by atoms with van der Waals surface area (Å²) in [6, 6.07) is 9.60. The number of amides is 1. The van der Waals surface area contributed by atoms with E-state index in [4.69, 9.17) is 17.3 Å². The van der Waals surface area contributed by atoms with Crippen LogP contribution in [0.1, 0.15) is 17.7 Å². The maximum absolute atomic E-state index is 12.3. The minimum absolute atomic E-state index is 0.0700. The minimum Gasteiger partial charge on any atom is -0.329 e. The maximum atomic E-state index is 12.3. The summed E-state index contributed by atoms with van der Waals surface area (Å²) < 4.78 is 27.2. The second kappa shape index (κ2) is 8.09. The lowest BCUT2D eigenvalue weighted by Crippen LogP contribution is -2.29. The van der Waals surface area contributed by atoms with Gasteiger partial charge < -0.3 is 11.1 Å². The summed E-state index contributed by atoms with van der Waals surface area (Å²) in [5, 5.41) is 2.73. The van der Waals surface area contributed by atoms with E-state index in [9.17, 15) is 13.2 Å². The average Bonchev–Trinajstić information content (AvgIpc) is 2.99. The first-order valence-corrected chi connectivity index (χ1v) is 9.87. The number of benzene rings is 1. The third-order valence-electron chi connectivity index (χ3n) is 3.26. The van der Waals surface area contributed by atoms with E-state index in [1.807, 2.05) is 0 Å². The number of carbonyl (C=O) groups excluding carboxylic acids is 1. The Bertz CT molecular complexity index is 821. The molecule has 0 aliphatic heterocycles. The van der Waals surface area contributed by atoms with Gasteiger partial charge in [-0.2, -0.15) is 0 Å². The normalized spacial score (nSPS) is 12.8. The van der Waals surface area contributed by atoms with Crippen molar-refractivity contribution in [3.8, 4) is 0 Å². The van der Waals surface area contributed by atoms with Crippen LogP contribution in [0.3, 0.4) is 0 Å². The highest BCUT2D eigenvalue weighted by Crippen LogP contribution is 2.29. The van der Waals surface area contributed by atoms with Crippen LogP contribution in [0.15, 0.2) is 41.3 Å². The summed E-state index contributed by atoms with van der Waals surface area (Å²) in [6.45, 7) is 2.12. The van der Waals surface area contributed by atoms with Crippen LogP contribution in [0.4, 0.5) is 5.69 Å². The van der Waals surface area contributed by atoms with Crippen molar-refractivity contribution in [2.24, 2.45) is 5.73 Å². The van der Waals surface area contributed by atoms with E-state index in [0.29, 0.717) is 10.0 Å². The molecule has 1 unspecified atom stereocenters. The summed E-state index contributed by atoms with van der Waals surface area (Å²) in [4.78, 5) is 13.2. The number of anilines is 1. The summed E-state index contributed by atoms with van der Waals surface area (Å²) in [5.74, 6) is -0.629. The van der Waals surface area contributed by atoms with Gasteiger partial charge in [-0.15, -0.1) is 11.3 Å². The van der Waals surface area contributed by atoms with Gasteiger partial charge in [0.25, 0.3) is 0 Å². The Morgan fingerprint density at radius 2 is 2.08 bits per heavy atom. The van der Waals surface area contributed by atoms with Crippen LogP contribution in [0.25, 0.3) is 0 Å². The third kappa shape index (κ3) is 4.78. The van der Waals surface area contributed by atoms with E-state index in [1.165, 1.54) is 23.5 Å². The molecule has 2 rings (SSSR count). The van der Waals surface area contributed by atoms with Crippen molar-refractivity contribution in [2.45, 2.75) is 17.7 Å². The molecule has 130 valence electrons. The van der Waals surface area contributed by atoms with Crippen molar-refractivity contribution in [2.75, 3.05) is 18.4 Å². The molecule has 0 saturated heterocycles. The molecule has 9 heteroatoms. The average molecular weight is 388 g/mol. The molecule has 0 saturated carbocycles. The van der Waals surface area contributed by atoms with E-state index in [-0.39, 0.29) is 23.9 Å². The second-order valence-corrected chi connectivity index (χ2v) is 8.58. The SMILES string of the molecule is CC(C(=O)Nc1cccc(S(=O)(=O)NCCN)c1)c1ccc(Cl)s1. The molecule has 0 bridgehead atoms. The molecule has 2 aromatic rings. The first-order chi connectivity index (χ1) is 11.3. The topological polar surface area (TPSA) is 101 Å². The van der Waals surface area contributed by atoms with Crippen molar-refractivity contribution < 1.29 is 13.2 Å². The summed E-state index contributed by atoms with van der Waals surface area (Å²) >= 11 is 7.22. The largest absolute Gasteiger partial charge is 0.329 e. The Morgan fingerprint density at radius 3 is 2.71 bits per heavy atom. The molecule has 1 heterocycles. The van der Waals surface area contributed by atoms with E-state index < -0.39 is 15.9 Å². The fourth-order valence-corrected chi connectivity index (χ4v) is 4.16. The van der Waals surface area contributed by atoms with Crippen molar-refractivity contribution in [3.05, 3.63) is 45.6 Å². The number of rotatable bonds is 7. The van der Waals surface area contributed by atoms with Crippen molar-refractivity contribution >= 4 is 44.6 Å². The Kier molecular flexibility index (Phi) is 6.36. The van der Waals surface area contributed by atoms with Gasteiger partial charge in [0.15, 0.2) is 0 Å². The molecule has 1 atom stereocenters. The van der Waals surface area contributed by atoms with Gasteiger partial charge in [0.2, 0.25) is 15.9 Å². The standard InChI is InChI=1S/C15H18ClN3O3S2/c1-10(13-5-6-14(16)23-13)15(20)19-11-3-2-4-12(9-11)24(21,22)18-8-7-17/h2-6,9-10,18H,7-8,17H2,1H3,(H,19,20). The Balaban J connectivity index is 2.13. The fraction of sp³-hybridized carbons (Fsp3) is 0.267. The molecule has 0 aliphatic rings. The highest BCUT2D eigenvalue weighted by molar-refractivity contribution is 7.89. The monoisotopic (exact) mass is 387 g/mol. The first kappa shape index (κ1) is 18.9. The number of hydrogen-bond acceptors (Lipinski definition) is 5. The Labute approximate surface area is 150 Å². The highest BCUT2D eigenvalue weighted by atomic mass is 35.5. The molecule has 24 heavy (non-hydrogen) atoms. The third-order valence-corrected chi connectivity index (χ3v) is 6.13. The van der Waals surface area contributed by atoms with Gasteiger partial charge in [-0.1, -0.05) is 17.7 Å². The fourth-order valence-electron chi connectivity index (χ4n) is 1.96. The molecule has 0 radical (unpaired) electrons. The zero-order valence-corrected chi connectivity index (χ0v) is 15.3. The predicted molar refractivity (Wildman–Crippen MR) is 97.1 cm³/mol. The van der Waals surface area contributed by atoms with Crippen molar-refractivity contribution in [3.63, 3.8) is 0 Å². The molecule has 1 aromatic carbocycles. The second-order valence-electron chi connectivity index (χ2n) is 5.07. The van der Waals surface area contributed by atoms with Gasteiger partial charge in [-0.25, -0.2) is 13.1 Å². The predicted octanol–water partition coefficient (Wildman–Crippen LogP) is 2.38. The molecule has 6 nitrogen and oxygen atoms in total. The number of thiophene rings is 1. The van der Waals surface area contributed by atoms with Gasteiger partial charge in [-0.3, -0.25) is 4.79 Å². The maximum Gasteiger partial charge on any atom is 0.240 e. The number of halogens is 1. The number of carbonyl (C=O) groups is 1. The molecule has 0 fully saturated rings. The number of nitrogens with one attached hydrogen (secondary N) is 2. The zero-order chi connectivity index (χ0) is 17.7. The molecular weight excluding hydrogens is 370 g/mol. The molecule has 1 aromatic heterocycles. The lowest BCUT2D eigenvalue weighted by atomic mass is 10.1. The lowest BCUT2D eigenvalue weighted by molar-refractivity contribution is -0.117. The molecule has 4 N–H and O–H groups in total. The van der Waals surface area contributed by atoms with Crippen LogP contribution >= 0.6 is 22.9 Å². The van der Waals surface area contributed by atoms with Gasteiger partial charge in [0.1, 0.15) is 0 Å². The van der Waals surface area contributed by atoms with Gasteiger partial charge >= 0.3 is 0 Å². The molecular formula is C15H18ClN3O3S2. The lowest BCUT2D eigenvalue weighted by Gasteiger charge is -2.12. The van der Waals surface area contributed by atoms with Crippen LogP contribution in [-0.2, 0) is 14.8 Å². The van der Waals surface area contributed by atoms with E-state index in [0.717, 1.165) is 4.88 Å².